The second-order valence-corrected chi connectivity index (χ2v) is 10.5. The van der Waals surface area contributed by atoms with E-state index >= 15 is 0 Å². The summed E-state index contributed by atoms with van der Waals surface area (Å²) in [5.41, 5.74) is 0. The first kappa shape index (κ1) is 30.2. The van der Waals surface area contributed by atoms with Crippen LogP contribution in [0.1, 0.15) is 168 Å². The number of ketones is 1. The Bertz CT molecular complexity index is 473. The summed E-state index contributed by atoms with van der Waals surface area (Å²) < 4.78 is 5.31. The molecule has 1 rings (SSSR count). The molecule has 3 nitrogen and oxygen atoms in total. The summed E-state index contributed by atoms with van der Waals surface area (Å²) in [6.45, 7) is 4.53. The van der Waals surface area contributed by atoms with Gasteiger partial charge in [0.25, 0.3) is 0 Å². The van der Waals surface area contributed by atoms with Crippen LogP contribution in [-0.2, 0) is 14.3 Å². The number of carbonyl (C=O) groups excluding carboxylic acids is 2. The van der Waals surface area contributed by atoms with E-state index in [9.17, 15) is 9.59 Å². The maximum absolute atomic E-state index is 12.5. The Hall–Kier alpha value is -0.860. The van der Waals surface area contributed by atoms with Crippen molar-refractivity contribution in [2.24, 2.45) is 5.92 Å². The van der Waals surface area contributed by atoms with Crippen LogP contribution in [0.15, 0.2) is 0 Å². The zero-order valence-corrected chi connectivity index (χ0v) is 22.4. The third kappa shape index (κ3) is 15.6. The van der Waals surface area contributed by atoms with E-state index in [1.54, 1.807) is 0 Å². The lowest BCUT2D eigenvalue weighted by Gasteiger charge is -2.34. The van der Waals surface area contributed by atoms with Gasteiger partial charge in [0.15, 0.2) is 11.7 Å². The first-order valence-corrected chi connectivity index (χ1v) is 14.9. The van der Waals surface area contributed by atoms with Gasteiger partial charge >= 0.3 is 5.97 Å². The molecule has 0 aromatic carbocycles. The van der Waals surface area contributed by atoms with Gasteiger partial charge in [-0.3, -0.25) is 9.59 Å². The Balaban J connectivity index is 1.94. The van der Waals surface area contributed by atoms with Crippen molar-refractivity contribution in [1.29, 1.82) is 0 Å². The first-order valence-electron chi connectivity index (χ1n) is 14.9. The van der Waals surface area contributed by atoms with Gasteiger partial charge in [-0.05, 0) is 19.3 Å². The molecule has 0 aromatic rings. The summed E-state index contributed by atoms with van der Waals surface area (Å²) in [6.07, 6.45) is 29.9. The SMILES string of the molecule is CCCCCCCCCCCCCC(=O)C1C(=O)OC1CCCCCCCCCCCCC. The fourth-order valence-electron chi connectivity index (χ4n) is 5.06. The second-order valence-electron chi connectivity index (χ2n) is 10.5. The van der Waals surface area contributed by atoms with E-state index in [1.807, 2.05) is 0 Å². The van der Waals surface area contributed by atoms with Crippen LogP contribution in [0.4, 0.5) is 0 Å². The number of unbranched alkanes of at least 4 members (excludes halogenated alkanes) is 20. The quantitative estimate of drug-likeness (QED) is 0.0767. The molecule has 0 saturated carbocycles. The normalized spacial score (nSPS) is 17.7. The highest BCUT2D eigenvalue weighted by molar-refractivity contribution is 6.02. The fourth-order valence-corrected chi connectivity index (χ4v) is 5.06. The van der Waals surface area contributed by atoms with Gasteiger partial charge in [0.1, 0.15) is 6.10 Å². The van der Waals surface area contributed by atoms with Crippen molar-refractivity contribution in [2.75, 3.05) is 0 Å². The Kier molecular flexibility index (Phi) is 19.8. The summed E-state index contributed by atoms with van der Waals surface area (Å²) in [5.74, 6) is -0.581. The number of hydrogen-bond donors (Lipinski definition) is 0. The molecule has 0 aromatic heterocycles. The highest BCUT2D eigenvalue weighted by atomic mass is 16.6. The summed E-state index contributed by atoms with van der Waals surface area (Å²) in [5, 5.41) is 0. The van der Waals surface area contributed by atoms with Crippen LogP contribution in [0.3, 0.4) is 0 Å². The fraction of sp³-hybridized carbons (Fsp3) is 0.933. The van der Waals surface area contributed by atoms with Crippen LogP contribution in [0, 0.1) is 5.92 Å². The molecule has 1 fully saturated rings. The van der Waals surface area contributed by atoms with Crippen molar-refractivity contribution in [1.82, 2.24) is 0 Å². The largest absolute Gasteiger partial charge is 0.460 e. The minimum absolute atomic E-state index is 0.128. The van der Waals surface area contributed by atoms with Gasteiger partial charge in [-0.1, -0.05) is 142 Å². The molecule has 0 spiro atoms. The molecule has 0 aliphatic carbocycles. The highest BCUT2D eigenvalue weighted by Crippen LogP contribution is 2.29. The van der Waals surface area contributed by atoms with Gasteiger partial charge in [0, 0.05) is 6.42 Å². The van der Waals surface area contributed by atoms with E-state index in [4.69, 9.17) is 4.74 Å². The van der Waals surface area contributed by atoms with Gasteiger partial charge in [-0.2, -0.15) is 0 Å². The number of ether oxygens (including phenoxy) is 1. The van der Waals surface area contributed by atoms with Crippen LogP contribution >= 0.6 is 0 Å². The molecule has 1 saturated heterocycles. The third-order valence-electron chi connectivity index (χ3n) is 7.36. The predicted molar refractivity (Wildman–Crippen MR) is 141 cm³/mol. The van der Waals surface area contributed by atoms with E-state index in [2.05, 4.69) is 13.8 Å². The average molecular weight is 465 g/mol. The molecule has 0 bridgehead atoms. The minimum atomic E-state index is -0.448. The van der Waals surface area contributed by atoms with E-state index in [0.717, 1.165) is 25.7 Å². The molecule has 1 aliphatic heterocycles. The maximum atomic E-state index is 12.5. The van der Waals surface area contributed by atoms with Gasteiger partial charge in [-0.25, -0.2) is 0 Å². The number of hydrogen-bond acceptors (Lipinski definition) is 3. The van der Waals surface area contributed by atoms with Crippen molar-refractivity contribution in [2.45, 2.75) is 174 Å². The van der Waals surface area contributed by atoms with Gasteiger partial charge in [-0.15, -0.1) is 0 Å². The van der Waals surface area contributed by atoms with Crippen molar-refractivity contribution >= 4 is 11.8 Å². The van der Waals surface area contributed by atoms with Crippen molar-refractivity contribution in [3.8, 4) is 0 Å². The second kappa shape index (κ2) is 21.7. The molecule has 1 aliphatic rings. The summed E-state index contributed by atoms with van der Waals surface area (Å²) >= 11 is 0. The van der Waals surface area contributed by atoms with E-state index in [-0.39, 0.29) is 17.9 Å². The zero-order valence-electron chi connectivity index (χ0n) is 22.4. The van der Waals surface area contributed by atoms with E-state index in [1.165, 1.54) is 122 Å². The van der Waals surface area contributed by atoms with Crippen LogP contribution in [0.2, 0.25) is 0 Å². The number of Topliss-reactive ketones (excluding diaryl/α,β-unsaturated/α-hetero) is 1. The summed E-state index contributed by atoms with van der Waals surface area (Å²) in [4.78, 5) is 24.3. The van der Waals surface area contributed by atoms with Crippen LogP contribution < -0.4 is 0 Å². The number of carbonyl (C=O) groups is 2. The summed E-state index contributed by atoms with van der Waals surface area (Å²) in [6, 6.07) is 0. The molecule has 3 heteroatoms. The number of esters is 1. The predicted octanol–water partition coefficient (Wildman–Crippen LogP) is 9.50. The van der Waals surface area contributed by atoms with Crippen molar-refractivity contribution < 1.29 is 14.3 Å². The molecular weight excluding hydrogens is 408 g/mol. The third-order valence-corrected chi connectivity index (χ3v) is 7.36. The van der Waals surface area contributed by atoms with Crippen LogP contribution in [-0.4, -0.2) is 17.9 Å². The van der Waals surface area contributed by atoms with Crippen molar-refractivity contribution in [3.05, 3.63) is 0 Å². The van der Waals surface area contributed by atoms with Crippen molar-refractivity contribution in [3.63, 3.8) is 0 Å². The van der Waals surface area contributed by atoms with Gasteiger partial charge in [0.2, 0.25) is 0 Å². The van der Waals surface area contributed by atoms with Gasteiger partial charge in [0.05, 0.1) is 0 Å². The summed E-state index contributed by atoms with van der Waals surface area (Å²) in [7, 11) is 0. The minimum Gasteiger partial charge on any atom is -0.460 e. The van der Waals surface area contributed by atoms with Gasteiger partial charge < -0.3 is 4.74 Å². The monoisotopic (exact) mass is 464 g/mol. The first-order chi connectivity index (χ1) is 16.2. The lowest BCUT2D eigenvalue weighted by Crippen LogP contribution is -2.49. The smallest absolute Gasteiger partial charge is 0.320 e. The Morgan fingerprint density at radius 1 is 0.576 bits per heavy atom. The molecule has 33 heavy (non-hydrogen) atoms. The molecule has 194 valence electrons. The number of cyclic esters (lactones) is 1. The standard InChI is InChI=1S/C30H56O3/c1-3-5-7-9-11-13-15-17-19-21-23-25-27(31)29-28(33-30(29)32)26-24-22-20-18-16-14-12-10-8-6-4-2/h28-29H,3-26H2,1-2H3. The van der Waals surface area contributed by atoms with E-state index < -0.39 is 5.92 Å². The number of rotatable bonds is 25. The Labute approximate surface area is 206 Å². The molecular formula is C30H56O3. The average Bonchev–Trinajstić information content (AvgIpc) is 2.80. The molecule has 2 atom stereocenters. The molecule has 2 unspecified atom stereocenters. The lowest BCUT2D eigenvalue weighted by atomic mass is 9.86. The van der Waals surface area contributed by atoms with E-state index in [0.29, 0.717) is 6.42 Å². The topological polar surface area (TPSA) is 43.4 Å². The Morgan fingerprint density at radius 3 is 1.33 bits per heavy atom. The molecule has 0 radical (unpaired) electrons. The van der Waals surface area contributed by atoms with Crippen LogP contribution in [0.25, 0.3) is 0 Å². The highest BCUT2D eigenvalue weighted by Gasteiger charge is 2.46. The molecule has 1 heterocycles. The maximum Gasteiger partial charge on any atom is 0.320 e. The zero-order chi connectivity index (χ0) is 24.0. The lowest BCUT2D eigenvalue weighted by molar-refractivity contribution is -0.187. The molecule has 0 N–H and O–H groups in total. The van der Waals surface area contributed by atoms with Crippen LogP contribution in [0.5, 0.6) is 0 Å². The Morgan fingerprint density at radius 2 is 0.939 bits per heavy atom. The molecule has 0 amide bonds.